The second-order valence-corrected chi connectivity index (χ2v) is 8.17. The number of hydrogen-bond acceptors (Lipinski definition) is 6. The summed E-state index contributed by atoms with van der Waals surface area (Å²) in [5, 5.41) is 16.7. The molecular formula is C25H21N5OS. The molecule has 7 heteroatoms. The number of anilines is 3. The molecule has 1 amide bonds. The first-order valence-corrected chi connectivity index (χ1v) is 10.8. The van der Waals surface area contributed by atoms with E-state index in [4.69, 9.17) is 5.73 Å². The molecular weight excluding hydrogens is 418 g/mol. The minimum atomic E-state index is -0.289. The number of aryl methyl sites for hydroxylation is 1. The maximum Gasteiger partial charge on any atom is 0.256 e. The Morgan fingerprint density at radius 2 is 1.94 bits per heavy atom. The predicted octanol–water partition coefficient (Wildman–Crippen LogP) is 5.39. The summed E-state index contributed by atoms with van der Waals surface area (Å²) in [6.07, 6.45) is 1.62. The Balaban J connectivity index is 2.02. The van der Waals surface area contributed by atoms with E-state index in [1.807, 2.05) is 61.5 Å². The van der Waals surface area contributed by atoms with Crippen LogP contribution in [0.1, 0.15) is 21.5 Å². The molecule has 158 valence electrons. The first kappa shape index (κ1) is 21.1. The molecule has 0 saturated heterocycles. The lowest BCUT2D eigenvalue weighted by Gasteiger charge is -2.10. The normalized spacial score (nSPS) is 10.5. The third kappa shape index (κ3) is 3.80. The number of pyridine rings is 1. The number of nitrogens with one attached hydrogen (secondary N) is 2. The maximum absolute atomic E-state index is 13.2. The number of para-hydroxylation sites is 1. The number of nitriles is 1. The molecule has 32 heavy (non-hydrogen) atoms. The quantitative estimate of drug-likeness (QED) is 0.350. The van der Waals surface area contributed by atoms with Gasteiger partial charge in [-0.05, 0) is 24.1 Å². The zero-order valence-electron chi connectivity index (χ0n) is 17.5. The predicted molar refractivity (Wildman–Crippen MR) is 131 cm³/mol. The van der Waals surface area contributed by atoms with Crippen LogP contribution in [0.2, 0.25) is 0 Å². The van der Waals surface area contributed by atoms with Crippen LogP contribution in [-0.4, -0.2) is 17.4 Å². The van der Waals surface area contributed by atoms with Gasteiger partial charge in [0.1, 0.15) is 28.0 Å². The van der Waals surface area contributed by atoms with Crippen LogP contribution < -0.4 is 16.4 Å². The van der Waals surface area contributed by atoms with Crippen LogP contribution in [0.4, 0.5) is 16.5 Å². The van der Waals surface area contributed by atoms with E-state index in [1.54, 1.807) is 6.08 Å². The summed E-state index contributed by atoms with van der Waals surface area (Å²) in [7, 11) is 0. The molecule has 0 aliphatic heterocycles. The fourth-order valence-corrected chi connectivity index (χ4v) is 4.72. The third-order valence-electron chi connectivity index (χ3n) is 5.05. The molecule has 0 saturated carbocycles. The number of carbonyl (C=O) groups excluding carboxylic acids is 1. The van der Waals surface area contributed by atoms with Crippen molar-refractivity contribution in [3.05, 3.63) is 83.9 Å². The zero-order valence-corrected chi connectivity index (χ0v) is 18.3. The van der Waals surface area contributed by atoms with Crippen molar-refractivity contribution in [2.24, 2.45) is 0 Å². The van der Waals surface area contributed by atoms with Crippen molar-refractivity contribution in [2.45, 2.75) is 6.92 Å². The summed E-state index contributed by atoms with van der Waals surface area (Å²) >= 11 is 1.38. The molecule has 0 radical (unpaired) electrons. The second kappa shape index (κ2) is 8.92. The van der Waals surface area contributed by atoms with Gasteiger partial charge in [-0.25, -0.2) is 4.98 Å². The summed E-state index contributed by atoms with van der Waals surface area (Å²) in [5.74, 6) is -0.195. The second-order valence-electron chi connectivity index (χ2n) is 7.15. The van der Waals surface area contributed by atoms with Crippen LogP contribution in [0, 0.1) is 18.3 Å². The van der Waals surface area contributed by atoms with Gasteiger partial charge in [-0.3, -0.25) is 4.79 Å². The van der Waals surface area contributed by atoms with Gasteiger partial charge in [0, 0.05) is 17.8 Å². The fourth-order valence-electron chi connectivity index (χ4n) is 3.50. The van der Waals surface area contributed by atoms with Gasteiger partial charge in [-0.15, -0.1) is 17.9 Å². The van der Waals surface area contributed by atoms with Gasteiger partial charge >= 0.3 is 0 Å². The van der Waals surface area contributed by atoms with E-state index in [-0.39, 0.29) is 11.7 Å². The Bertz CT molecular complexity index is 1370. The lowest BCUT2D eigenvalue weighted by Crippen LogP contribution is -2.23. The Kier molecular flexibility index (Phi) is 5.88. The lowest BCUT2D eigenvalue weighted by molar-refractivity contribution is 0.0960. The molecule has 4 rings (SSSR count). The number of amides is 1. The van der Waals surface area contributed by atoms with Crippen LogP contribution in [0.25, 0.3) is 21.3 Å². The van der Waals surface area contributed by atoms with E-state index in [1.165, 1.54) is 11.3 Å². The molecule has 4 N–H and O–H groups in total. The van der Waals surface area contributed by atoms with Crippen molar-refractivity contribution in [3.8, 4) is 17.2 Å². The average Bonchev–Trinajstić information content (AvgIpc) is 3.15. The number of hydrogen-bond donors (Lipinski definition) is 3. The van der Waals surface area contributed by atoms with Gasteiger partial charge in [0.15, 0.2) is 0 Å². The summed E-state index contributed by atoms with van der Waals surface area (Å²) in [6, 6.07) is 19.6. The SMILES string of the molecule is C=CCNC(=O)c1c(Nc2ccccc2C)sc2c(-c3ccccc3)c(C#N)c(N)nc12. The molecule has 0 fully saturated rings. The van der Waals surface area contributed by atoms with E-state index in [2.05, 4.69) is 28.3 Å². The number of rotatable bonds is 6. The van der Waals surface area contributed by atoms with Crippen molar-refractivity contribution in [1.82, 2.24) is 10.3 Å². The first-order chi connectivity index (χ1) is 15.5. The van der Waals surface area contributed by atoms with E-state index >= 15 is 0 Å². The Labute approximate surface area is 190 Å². The fraction of sp³-hybridized carbons (Fsp3) is 0.0800. The van der Waals surface area contributed by atoms with Gasteiger partial charge in [0.05, 0.1) is 10.2 Å². The molecule has 2 aromatic carbocycles. The van der Waals surface area contributed by atoms with Crippen molar-refractivity contribution >= 4 is 44.0 Å². The Morgan fingerprint density at radius 1 is 1.22 bits per heavy atom. The molecule has 4 aromatic rings. The standard InChI is InChI=1S/C25H21N5OS/c1-3-13-28-24(31)20-21-22(32-25(20)29-18-12-8-7-9-15(18)2)19(16-10-5-4-6-11-16)17(14-26)23(27)30-21/h3-12,29H,1,13H2,2H3,(H2,27,30)(H,28,31). The van der Waals surface area contributed by atoms with Crippen LogP contribution >= 0.6 is 11.3 Å². The number of nitrogens with zero attached hydrogens (tertiary/aromatic N) is 2. The van der Waals surface area contributed by atoms with Crippen molar-refractivity contribution < 1.29 is 4.79 Å². The van der Waals surface area contributed by atoms with E-state index in [0.29, 0.717) is 33.8 Å². The maximum atomic E-state index is 13.2. The molecule has 0 aliphatic carbocycles. The number of nitrogen functional groups attached to an aromatic ring is 1. The van der Waals surface area contributed by atoms with Gasteiger partial charge < -0.3 is 16.4 Å². The average molecular weight is 440 g/mol. The van der Waals surface area contributed by atoms with Crippen LogP contribution in [0.15, 0.2) is 67.3 Å². The third-order valence-corrected chi connectivity index (χ3v) is 6.16. The highest BCUT2D eigenvalue weighted by atomic mass is 32.1. The zero-order chi connectivity index (χ0) is 22.7. The molecule has 0 atom stereocenters. The highest BCUT2D eigenvalue weighted by Gasteiger charge is 2.26. The smallest absolute Gasteiger partial charge is 0.256 e. The van der Waals surface area contributed by atoms with Gasteiger partial charge in [0.2, 0.25) is 0 Å². The molecule has 6 nitrogen and oxygen atoms in total. The monoisotopic (exact) mass is 439 g/mol. The van der Waals surface area contributed by atoms with E-state index in [0.717, 1.165) is 21.5 Å². The molecule has 0 unspecified atom stereocenters. The van der Waals surface area contributed by atoms with Gasteiger partial charge in [0.25, 0.3) is 5.91 Å². The molecule has 0 bridgehead atoms. The minimum absolute atomic E-state index is 0.0943. The number of nitrogens with two attached hydrogens (primary N) is 1. The molecule has 0 spiro atoms. The van der Waals surface area contributed by atoms with Gasteiger partial charge in [-0.1, -0.05) is 54.6 Å². The number of benzene rings is 2. The number of carbonyl (C=O) groups is 1. The lowest BCUT2D eigenvalue weighted by atomic mass is 10.00. The van der Waals surface area contributed by atoms with Crippen LogP contribution in [-0.2, 0) is 0 Å². The number of fused-ring (bicyclic) bond motifs is 1. The summed E-state index contributed by atoms with van der Waals surface area (Å²) in [4.78, 5) is 17.6. The van der Waals surface area contributed by atoms with Gasteiger partial charge in [-0.2, -0.15) is 5.26 Å². The Morgan fingerprint density at radius 3 is 2.62 bits per heavy atom. The van der Waals surface area contributed by atoms with Crippen LogP contribution in [0.3, 0.4) is 0 Å². The largest absolute Gasteiger partial charge is 0.383 e. The van der Waals surface area contributed by atoms with Crippen LogP contribution in [0.5, 0.6) is 0 Å². The first-order valence-electron chi connectivity index (χ1n) is 9.98. The molecule has 2 aromatic heterocycles. The van der Waals surface area contributed by atoms with E-state index < -0.39 is 0 Å². The topological polar surface area (TPSA) is 104 Å². The number of thiophene rings is 1. The molecule has 2 heterocycles. The highest BCUT2D eigenvalue weighted by molar-refractivity contribution is 7.24. The highest BCUT2D eigenvalue weighted by Crippen LogP contribution is 2.44. The van der Waals surface area contributed by atoms with Crippen molar-refractivity contribution in [2.75, 3.05) is 17.6 Å². The minimum Gasteiger partial charge on any atom is -0.383 e. The van der Waals surface area contributed by atoms with Crippen molar-refractivity contribution in [3.63, 3.8) is 0 Å². The van der Waals surface area contributed by atoms with E-state index in [9.17, 15) is 10.1 Å². The number of aromatic nitrogens is 1. The summed E-state index contributed by atoms with van der Waals surface area (Å²) in [5.41, 5.74) is 10.8. The van der Waals surface area contributed by atoms with Crippen molar-refractivity contribution in [1.29, 1.82) is 5.26 Å². The molecule has 0 aliphatic rings. The summed E-state index contributed by atoms with van der Waals surface area (Å²) < 4.78 is 0.724. The summed E-state index contributed by atoms with van der Waals surface area (Å²) in [6.45, 7) is 5.98. The Hall–Kier alpha value is -4.15.